The van der Waals surface area contributed by atoms with E-state index in [1.54, 1.807) is 65.3 Å². The highest BCUT2D eigenvalue weighted by Gasteiger charge is 2.30. The van der Waals surface area contributed by atoms with Crippen LogP contribution in [0.3, 0.4) is 0 Å². The van der Waals surface area contributed by atoms with E-state index in [-0.39, 0.29) is 57.4 Å². The molecule has 12 heterocycles. The monoisotopic (exact) mass is 1920 g/mol. The minimum Gasteiger partial charge on any atom is -0.393 e. The summed E-state index contributed by atoms with van der Waals surface area (Å²) in [5, 5.41) is 50.1. The smallest absolute Gasteiger partial charge is 0.262 e. The van der Waals surface area contributed by atoms with E-state index in [1.807, 2.05) is 181 Å². The quantitative estimate of drug-likeness (QED) is 0.0373. The summed E-state index contributed by atoms with van der Waals surface area (Å²) in [6, 6.07) is 45.4. The van der Waals surface area contributed by atoms with Gasteiger partial charge in [0.1, 0.15) is 67.3 Å². The molecule has 22 rings (SSSR count). The van der Waals surface area contributed by atoms with Crippen LogP contribution in [0.4, 0.5) is 0 Å². The summed E-state index contributed by atoms with van der Waals surface area (Å²) in [7, 11) is 0. The number of nitrogens with zero attached hydrogens (tertiary/aromatic N) is 18. The van der Waals surface area contributed by atoms with E-state index in [9.17, 15) is 39.0 Å². The molecule has 0 radical (unpaired) electrons. The number of para-hydroxylation sites is 6. The maximum atomic E-state index is 12.5. The number of nitrogens with one attached hydrogen (secondary N) is 6. The fourth-order valence-corrected chi connectivity index (χ4v) is 19.9. The number of aliphatic hydroxyl groups is 2. The number of rotatable bonds is 19. The second-order valence-electron chi connectivity index (χ2n) is 39.0. The summed E-state index contributed by atoms with van der Waals surface area (Å²) in [5.41, 5.74) is 14.6. The Morgan fingerprint density at radius 3 is 0.929 bits per heavy atom. The van der Waals surface area contributed by atoms with Crippen LogP contribution in [0.1, 0.15) is 206 Å². The molecule has 18 aromatic rings. The zero-order valence-corrected chi connectivity index (χ0v) is 82.5. The number of benzene rings is 6. The minimum atomic E-state index is -0.309. The van der Waals surface area contributed by atoms with Gasteiger partial charge in [-0.2, -0.15) is 30.6 Å². The Morgan fingerprint density at radius 1 is 0.326 bits per heavy atom. The lowest BCUT2D eigenvalue weighted by atomic mass is 9.81. The first-order valence-corrected chi connectivity index (χ1v) is 49.8. The predicted octanol–water partition coefficient (Wildman–Crippen LogP) is 17.8. The first kappa shape index (κ1) is 98.2. The molecule has 32 nitrogen and oxygen atoms in total. The highest BCUT2D eigenvalue weighted by atomic mass is 35.5. The Morgan fingerprint density at radius 2 is 0.603 bits per heavy atom. The number of hydrogen-bond donors (Lipinski definition) is 8. The first-order valence-electron chi connectivity index (χ1n) is 49.4. The van der Waals surface area contributed by atoms with Crippen molar-refractivity contribution in [2.24, 2.45) is 41.4 Å². The van der Waals surface area contributed by atoms with E-state index >= 15 is 0 Å². The Labute approximate surface area is 819 Å². The number of fused-ring (bicyclic) bond motifs is 6. The van der Waals surface area contributed by atoms with Crippen LogP contribution < -0.4 is 33.4 Å². The van der Waals surface area contributed by atoms with Crippen molar-refractivity contribution in [1.82, 2.24) is 118 Å². The van der Waals surface area contributed by atoms with E-state index in [1.165, 1.54) is 51.4 Å². The van der Waals surface area contributed by atoms with Crippen molar-refractivity contribution in [2.45, 2.75) is 230 Å². The lowest BCUT2D eigenvalue weighted by Crippen LogP contribution is -2.27. The average Bonchev–Trinajstić information content (AvgIpc) is 1.66. The van der Waals surface area contributed by atoms with Gasteiger partial charge in [-0.1, -0.05) is 214 Å². The zero-order valence-electron chi connectivity index (χ0n) is 81.8. The van der Waals surface area contributed by atoms with E-state index in [4.69, 9.17) is 21.6 Å². The topological polar surface area (TPSA) is 422 Å². The lowest BCUT2D eigenvalue weighted by molar-refractivity contribution is 0.0690. The van der Waals surface area contributed by atoms with Gasteiger partial charge in [0, 0.05) is 38.5 Å². The third kappa shape index (κ3) is 22.4. The second kappa shape index (κ2) is 44.0. The largest absolute Gasteiger partial charge is 0.393 e. The number of aromatic nitrogens is 24. The number of hydrogen-bond acceptors (Lipinski definition) is 20. The third-order valence-electron chi connectivity index (χ3n) is 27.9. The van der Waals surface area contributed by atoms with Gasteiger partial charge >= 0.3 is 0 Å². The van der Waals surface area contributed by atoms with Crippen molar-refractivity contribution >= 4 is 77.8 Å². The molecule has 141 heavy (non-hydrogen) atoms. The third-order valence-corrected chi connectivity index (χ3v) is 28.2. The summed E-state index contributed by atoms with van der Waals surface area (Å²) in [6.07, 6.45) is 31.0. The van der Waals surface area contributed by atoms with Crippen molar-refractivity contribution < 1.29 is 10.2 Å². The van der Waals surface area contributed by atoms with E-state index < -0.39 is 0 Å². The Bertz CT molecular complexity index is 7860. The molecular formula is C108H123ClN24O8. The van der Waals surface area contributed by atoms with Crippen LogP contribution in [0, 0.1) is 83.0 Å². The Kier molecular flexibility index (Phi) is 30.6. The molecule has 6 aromatic carbocycles. The molecule has 8 N–H and O–H groups in total. The molecule has 0 amide bonds. The molecule has 0 bridgehead atoms. The molecule has 0 saturated heterocycles. The van der Waals surface area contributed by atoms with Crippen LogP contribution in [0.25, 0.3) is 100 Å². The maximum Gasteiger partial charge on any atom is 0.262 e. The van der Waals surface area contributed by atoms with Crippen LogP contribution in [-0.2, 0) is 38.5 Å². The molecular weight excluding hydrogens is 1800 g/mol. The standard InChI is InChI=1S/C20H24N4O.C19H22N4O2.C18H19ClN4O.C18H20N4O2.C17H20N4O.C16H18N4O/c1-13-7-9-15(10-8-13)11-18-22-19-16(20(25)23-18)12-21-24(19)17-6-4-3-5-14(17)2;1-12-6-2-4-8-15(12)23-18-14(11-20-23)19(25)22-17(21-18)10-13-7-3-5-9-16(13)24;1-11-5-4-8-14(19)16(11)23-17-13(10-20-23)18(24)22-15(21-17)9-12-6-2-3-7-12;1-11-5-2-3-7-14(11)22-17-13(10-19-22)18(24)21-16(20-17)9-12-6-4-8-15(12)23;1-4-11(2)9-15-19-16-13(17(22)20-15)10-18-21(16)14-8-6-5-7-12(14)3;1-10(2)8-14-18-15-12(16(21)19-14)9-17-20(15)13-7-5-4-6-11(13)3/h3-6,12-13,15H,7-11H2,1-2H3,(H,22,23,25);2,4,6,8,11,13,16,24H,3,5,7,9-10H2,1H3,(H,21,22,25);4-5,8,10,12H,2-3,6-7,9H2,1H3,(H,21,22,24);2-3,5,7,10,12,15,23H,4,6,8-9H2,1H3,(H,20,21,24);5-8,10-11H,4,9H2,1-3H3,(H,19,20,22);4-7,9-10H,8H2,1-3H3,(H,18,19,21)/t;13-,16+;;12-,15-;;/m.1.1../s1. The summed E-state index contributed by atoms with van der Waals surface area (Å²) < 4.78 is 10.4. The van der Waals surface area contributed by atoms with E-state index in [2.05, 4.69) is 115 Å². The molecule has 0 aliphatic heterocycles. The number of aryl methyl sites for hydroxylation is 6. The molecule has 4 saturated carbocycles. The summed E-state index contributed by atoms with van der Waals surface area (Å²) >= 11 is 6.36. The van der Waals surface area contributed by atoms with Crippen molar-refractivity contribution in [3.63, 3.8) is 0 Å². The van der Waals surface area contributed by atoms with Gasteiger partial charge in [-0.15, -0.1) is 0 Å². The van der Waals surface area contributed by atoms with Gasteiger partial charge in [0.05, 0.1) is 88.5 Å². The SMILES string of the molecule is CCC(C)Cc1nc2c(cnn2-c2ccccc2C)c(=O)[nH]1.Cc1cccc(Cl)c1-n1ncc2c(=O)[nH]c(CC3CCCC3)nc21.Cc1ccccc1-n1ncc2c(=O)[nH]c(CC(C)C)nc21.Cc1ccccc1-n1ncc2c(=O)[nH]c(CC3CCC(C)CC3)nc21.Cc1ccccc1-n1ncc2c(=O)[nH]c(C[C@H]3CCCC[C@@H]3O)nc21.Cc1ccccc1-n1ncc2c(=O)[nH]c(C[C@H]3CCC[C@H]3O)nc21. The molecule has 730 valence electrons. The van der Waals surface area contributed by atoms with Crippen molar-refractivity contribution in [3.8, 4) is 34.1 Å². The highest BCUT2D eigenvalue weighted by Crippen LogP contribution is 2.35. The highest BCUT2D eigenvalue weighted by molar-refractivity contribution is 6.32. The van der Waals surface area contributed by atoms with Crippen LogP contribution in [-0.4, -0.2) is 141 Å². The number of halogens is 1. The molecule has 0 spiro atoms. The Balaban J connectivity index is 0.000000117. The fourth-order valence-electron chi connectivity index (χ4n) is 19.6. The van der Waals surface area contributed by atoms with Gasteiger partial charge in [0.15, 0.2) is 33.9 Å². The molecule has 12 aromatic heterocycles. The number of aliphatic hydroxyl groups excluding tert-OH is 2. The minimum absolute atomic E-state index is 0.0935. The maximum absolute atomic E-state index is 12.5. The molecule has 5 atom stereocenters. The zero-order chi connectivity index (χ0) is 98.8. The molecule has 4 aliphatic rings. The van der Waals surface area contributed by atoms with Gasteiger partial charge in [-0.25, -0.2) is 58.0 Å². The normalized spacial score (nSPS) is 17.2. The summed E-state index contributed by atoms with van der Waals surface area (Å²) in [4.78, 5) is 119. The van der Waals surface area contributed by atoms with E-state index in [0.29, 0.717) is 125 Å². The molecule has 4 aliphatic carbocycles. The van der Waals surface area contributed by atoms with Gasteiger partial charge in [0.25, 0.3) is 33.4 Å². The van der Waals surface area contributed by atoms with Gasteiger partial charge < -0.3 is 40.1 Å². The van der Waals surface area contributed by atoms with Crippen molar-refractivity contribution in [2.75, 3.05) is 0 Å². The molecule has 1 unspecified atom stereocenters. The molecule has 33 heteroatoms. The summed E-state index contributed by atoms with van der Waals surface area (Å²) in [6.45, 7) is 22.9. The Hall–Kier alpha value is -14.4. The number of aromatic amines is 6. The van der Waals surface area contributed by atoms with E-state index in [0.717, 1.165) is 168 Å². The summed E-state index contributed by atoms with van der Waals surface area (Å²) in [5.74, 6) is 7.50. The van der Waals surface area contributed by atoms with Crippen molar-refractivity contribution in [3.05, 3.63) is 312 Å². The first-order chi connectivity index (χ1) is 68.2. The van der Waals surface area contributed by atoms with Gasteiger partial charge in [-0.05, 0) is 191 Å². The predicted molar refractivity (Wildman–Crippen MR) is 551 cm³/mol. The van der Waals surface area contributed by atoms with Crippen LogP contribution >= 0.6 is 11.6 Å². The molecule has 4 fully saturated rings. The van der Waals surface area contributed by atoms with Crippen LogP contribution in [0.2, 0.25) is 5.02 Å². The van der Waals surface area contributed by atoms with Gasteiger partial charge in [0.2, 0.25) is 0 Å². The second-order valence-corrected chi connectivity index (χ2v) is 39.4. The van der Waals surface area contributed by atoms with Crippen LogP contribution in [0.15, 0.2) is 205 Å². The van der Waals surface area contributed by atoms with Crippen molar-refractivity contribution in [1.29, 1.82) is 0 Å². The average molecular weight is 1920 g/mol. The lowest BCUT2D eigenvalue weighted by Gasteiger charge is -2.27. The van der Waals surface area contributed by atoms with Gasteiger partial charge in [-0.3, -0.25) is 28.8 Å². The number of H-pyrrole nitrogens is 6. The fraction of sp³-hybridized carbons (Fsp3) is 0.389. The van der Waals surface area contributed by atoms with Crippen LogP contribution in [0.5, 0.6) is 0 Å².